The summed E-state index contributed by atoms with van der Waals surface area (Å²) >= 11 is 0. The minimum atomic E-state index is 0.802. The lowest BCUT2D eigenvalue weighted by molar-refractivity contribution is 0.125. The summed E-state index contributed by atoms with van der Waals surface area (Å²) in [6.07, 6.45) is 11.8. The zero-order chi connectivity index (χ0) is 16.6. The van der Waals surface area contributed by atoms with E-state index < -0.39 is 0 Å². The Kier molecular flexibility index (Phi) is 12.7. The van der Waals surface area contributed by atoms with Gasteiger partial charge in [-0.3, -0.25) is 0 Å². The van der Waals surface area contributed by atoms with E-state index in [1.54, 1.807) is 0 Å². The van der Waals surface area contributed by atoms with Crippen molar-refractivity contribution in [2.75, 3.05) is 19.8 Å². The highest BCUT2D eigenvalue weighted by Gasteiger charge is 1.97. The van der Waals surface area contributed by atoms with E-state index in [0.29, 0.717) is 0 Å². The molecule has 0 aliphatic heterocycles. The van der Waals surface area contributed by atoms with E-state index >= 15 is 0 Å². The van der Waals surface area contributed by atoms with Crippen LogP contribution >= 0.6 is 0 Å². The number of ether oxygens (including phenoxy) is 2. The second kappa shape index (κ2) is 14.6. The highest BCUT2D eigenvalue weighted by atomic mass is 16.5. The molecule has 1 aromatic rings. The molecule has 2 nitrogen and oxygen atoms in total. The first kappa shape index (κ1) is 20.0. The number of rotatable bonds is 15. The van der Waals surface area contributed by atoms with Gasteiger partial charge >= 0.3 is 0 Å². The van der Waals surface area contributed by atoms with E-state index in [4.69, 9.17) is 9.47 Å². The molecule has 0 atom stereocenters. The van der Waals surface area contributed by atoms with Crippen LogP contribution in [0.15, 0.2) is 24.3 Å². The Labute approximate surface area is 143 Å². The van der Waals surface area contributed by atoms with Crippen molar-refractivity contribution in [3.8, 4) is 5.75 Å². The number of unbranched alkanes of at least 4 members (excludes halogenated alkanes) is 6. The lowest BCUT2D eigenvalue weighted by atomic mass is 10.1. The molecule has 1 aromatic carbocycles. The molecular weight excluding hydrogens is 284 g/mol. The second-order valence-corrected chi connectivity index (χ2v) is 6.18. The molecule has 0 aromatic heterocycles. The van der Waals surface area contributed by atoms with E-state index in [1.807, 2.05) is 0 Å². The van der Waals surface area contributed by atoms with Crippen molar-refractivity contribution in [3.05, 3.63) is 36.8 Å². The van der Waals surface area contributed by atoms with Gasteiger partial charge in [-0.1, -0.05) is 51.7 Å². The molecule has 0 fully saturated rings. The van der Waals surface area contributed by atoms with Gasteiger partial charge in [0.05, 0.1) is 6.61 Å². The Morgan fingerprint density at radius 3 is 2.17 bits per heavy atom. The number of benzene rings is 1. The summed E-state index contributed by atoms with van der Waals surface area (Å²) in [7, 11) is 0. The van der Waals surface area contributed by atoms with Gasteiger partial charge in [-0.15, -0.1) is 0 Å². The Balaban J connectivity index is 1.97. The Morgan fingerprint density at radius 1 is 0.783 bits per heavy atom. The molecule has 0 aliphatic carbocycles. The topological polar surface area (TPSA) is 18.5 Å². The molecule has 0 saturated carbocycles. The van der Waals surface area contributed by atoms with Gasteiger partial charge in [0.2, 0.25) is 0 Å². The van der Waals surface area contributed by atoms with E-state index in [1.165, 1.54) is 44.1 Å². The lowest BCUT2D eigenvalue weighted by Gasteiger charge is -2.08. The summed E-state index contributed by atoms with van der Waals surface area (Å²) < 4.78 is 11.4. The highest BCUT2D eigenvalue weighted by molar-refractivity contribution is 5.27. The quantitative estimate of drug-likeness (QED) is 0.370. The maximum absolute atomic E-state index is 5.80. The lowest BCUT2D eigenvalue weighted by Crippen LogP contribution is -2.00. The zero-order valence-corrected chi connectivity index (χ0v) is 15.0. The largest absolute Gasteiger partial charge is 0.494 e. The third-order valence-corrected chi connectivity index (χ3v) is 3.98. The summed E-state index contributed by atoms with van der Waals surface area (Å²) in [4.78, 5) is 0. The molecule has 0 amide bonds. The molecule has 0 N–H and O–H groups in total. The van der Waals surface area contributed by atoms with Crippen LogP contribution in [0.3, 0.4) is 0 Å². The van der Waals surface area contributed by atoms with Crippen LogP contribution in [-0.2, 0) is 11.2 Å². The molecule has 0 saturated heterocycles. The van der Waals surface area contributed by atoms with Crippen LogP contribution in [-0.4, -0.2) is 19.8 Å². The zero-order valence-electron chi connectivity index (χ0n) is 15.0. The minimum absolute atomic E-state index is 0.802. The van der Waals surface area contributed by atoms with Crippen molar-refractivity contribution >= 4 is 0 Å². The Bertz CT molecular complexity index is 359. The van der Waals surface area contributed by atoms with Gasteiger partial charge in [0, 0.05) is 13.2 Å². The predicted molar refractivity (Wildman–Crippen MR) is 99.0 cm³/mol. The van der Waals surface area contributed by atoms with Crippen LogP contribution in [0, 0.1) is 6.92 Å². The Hall–Kier alpha value is -1.02. The minimum Gasteiger partial charge on any atom is -0.494 e. The van der Waals surface area contributed by atoms with Crippen molar-refractivity contribution < 1.29 is 9.47 Å². The SMILES string of the molecule is [CH2]CCCCc1ccc(OCCCCCOCCCCC)cc1. The van der Waals surface area contributed by atoms with E-state index in [9.17, 15) is 0 Å². The molecule has 1 rings (SSSR count). The third kappa shape index (κ3) is 11.2. The van der Waals surface area contributed by atoms with Gasteiger partial charge < -0.3 is 9.47 Å². The van der Waals surface area contributed by atoms with Gasteiger partial charge in [0.1, 0.15) is 5.75 Å². The maximum Gasteiger partial charge on any atom is 0.119 e. The van der Waals surface area contributed by atoms with Gasteiger partial charge in [0.25, 0.3) is 0 Å². The molecule has 2 heteroatoms. The van der Waals surface area contributed by atoms with E-state index in [0.717, 1.165) is 51.3 Å². The summed E-state index contributed by atoms with van der Waals surface area (Å²) in [5, 5.41) is 0. The molecule has 23 heavy (non-hydrogen) atoms. The second-order valence-electron chi connectivity index (χ2n) is 6.18. The standard InChI is InChI=1S/C21H35O2/c1-3-5-8-12-20-13-15-21(16-14-20)23-19-11-7-10-18-22-17-9-6-4-2/h13-16H,1,3-12,17-19H2,2H3. The first-order chi connectivity index (χ1) is 11.4. The molecule has 0 bridgehead atoms. The monoisotopic (exact) mass is 319 g/mol. The first-order valence-electron chi connectivity index (χ1n) is 9.45. The van der Waals surface area contributed by atoms with Crippen LogP contribution in [0.25, 0.3) is 0 Å². The predicted octanol–water partition coefficient (Wildman–Crippen LogP) is 5.99. The van der Waals surface area contributed by atoms with Crippen LogP contribution in [0.4, 0.5) is 0 Å². The molecular formula is C21H35O2. The van der Waals surface area contributed by atoms with Crippen LogP contribution in [0.2, 0.25) is 0 Å². The van der Waals surface area contributed by atoms with Crippen molar-refractivity contribution in [2.45, 2.75) is 71.1 Å². The van der Waals surface area contributed by atoms with E-state index in [2.05, 4.69) is 38.1 Å². The first-order valence-corrected chi connectivity index (χ1v) is 9.45. The molecule has 0 unspecified atom stereocenters. The average molecular weight is 320 g/mol. The van der Waals surface area contributed by atoms with Crippen molar-refractivity contribution in [1.29, 1.82) is 0 Å². The summed E-state index contributed by atoms with van der Waals surface area (Å²) in [6, 6.07) is 8.55. The fourth-order valence-electron chi connectivity index (χ4n) is 2.49. The van der Waals surface area contributed by atoms with Gasteiger partial charge in [0.15, 0.2) is 0 Å². The normalized spacial score (nSPS) is 10.9. The fourth-order valence-corrected chi connectivity index (χ4v) is 2.49. The molecule has 0 aliphatic rings. The van der Waals surface area contributed by atoms with E-state index in [-0.39, 0.29) is 0 Å². The van der Waals surface area contributed by atoms with Crippen LogP contribution < -0.4 is 4.74 Å². The maximum atomic E-state index is 5.80. The number of aryl methyl sites for hydroxylation is 1. The van der Waals surface area contributed by atoms with Crippen molar-refractivity contribution in [2.24, 2.45) is 0 Å². The van der Waals surface area contributed by atoms with Crippen LogP contribution in [0.5, 0.6) is 5.75 Å². The fraction of sp³-hybridized carbons (Fsp3) is 0.667. The molecule has 1 radical (unpaired) electrons. The highest BCUT2D eigenvalue weighted by Crippen LogP contribution is 2.15. The van der Waals surface area contributed by atoms with Gasteiger partial charge in [-0.2, -0.15) is 0 Å². The smallest absolute Gasteiger partial charge is 0.119 e. The molecule has 131 valence electrons. The Morgan fingerprint density at radius 2 is 1.48 bits per heavy atom. The van der Waals surface area contributed by atoms with Crippen molar-refractivity contribution in [1.82, 2.24) is 0 Å². The molecule has 0 spiro atoms. The van der Waals surface area contributed by atoms with Crippen molar-refractivity contribution in [3.63, 3.8) is 0 Å². The average Bonchev–Trinajstić information content (AvgIpc) is 2.58. The summed E-state index contributed by atoms with van der Waals surface area (Å²) in [5.41, 5.74) is 1.39. The molecule has 0 heterocycles. The van der Waals surface area contributed by atoms with Gasteiger partial charge in [-0.25, -0.2) is 0 Å². The van der Waals surface area contributed by atoms with Crippen LogP contribution in [0.1, 0.15) is 70.3 Å². The third-order valence-electron chi connectivity index (χ3n) is 3.98. The number of hydrogen-bond donors (Lipinski definition) is 0. The summed E-state index contributed by atoms with van der Waals surface area (Å²) in [6.45, 7) is 8.72. The summed E-state index contributed by atoms with van der Waals surface area (Å²) in [5.74, 6) is 0.988. The van der Waals surface area contributed by atoms with Gasteiger partial charge in [-0.05, 0) is 56.2 Å². The number of hydrogen-bond acceptors (Lipinski definition) is 2.